The first kappa shape index (κ1) is 27.9. The average Bonchev–Trinajstić information content (AvgIpc) is 3.72. The third-order valence-corrected chi connectivity index (χ3v) is 8.13. The van der Waals surface area contributed by atoms with E-state index in [0.29, 0.717) is 49.1 Å². The number of thiazole rings is 1. The summed E-state index contributed by atoms with van der Waals surface area (Å²) >= 11 is 1.60. The predicted octanol–water partition coefficient (Wildman–Crippen LogP) is 4.37. The van der Waals surface area contributed by atoms with Crippen molar-refractivity contribution in [2.45, 2.75) is 44.7 Å². The molecule has 0 radical (unpaired) electrons. The van der Waals surface area contributed by atoms with Gasteiger partial charge < -0.3 is 24.7 Å². The lowest BCUT2D eigenvalue weighted by Gasteiger charge is -2.24. The Morgan fingerprint density at radius 1 is 1.25 bits per heavy atom. The van der Waals surface area contributed by atoms with Crippen LogP contribution in [0.25, 0.3) is 11.6 Å². The van der Waals surface area contributed by atoms with Crippen LogP contribution in [0.4, 0.5) is 5.82 Å². The lowest BCUT2D eigenvalue weighted by molar-refractivity contribution is 0.0735. The number of likely N-dealkylation sites (N-methyl/N-ethyl adjacent to an activating group) is 1. The number of rotatable bonds is 10. The molecule has 4 heterocycles. The summed E-state index contributed by atoms with van der Waals surface area (Å²) in [7, 11) is 3.56. The highest BCUT2D eigenvalue weighted by molar-refractivity contribution is 7.09. The van der Waals surface area contributed by atoms with E-state index in [1.54, 1.807) is 24.5 Å². The molecule has 0 spiro atoms. The van der Waals surface area contributed by atoms with E-state index in [1.807, 2.05) is 72.5 Å². The molecule has 10 nitrogen and oxygen atoms in total. The van der Waals surface area contributed by atoms with E-state index < -0.39 is 5.54 Å². The second kappa shape index (κ2) is 11.8. The van der Waals surface area contributed by atoms with Crippen molar-refractivity contribution in [1.82, 2.24) is 25.1 Å². The molecule has 0 aliphatic carbocycles. The van der Waals surface area contributed by atoms with Gasteiger partial charge in [0.2, 0.25) is 5.89 Å². The quantitative estimate of drug-likeness (QED) is 0.300. The molecule has 1 aromatic carbocycles. The van der Waals surface area contributed by atoms with E-state index in [9.17, 15) is 4.79 Å². The van der Waals surface area contributed by atoms with Gasteiger partial charge in [0.15, 0.2) is 0 Å². The molecule has 1 aliphatic heterocycles. The topological polar surface area (TPSA) is 124 Å². The van der Waals surface area contributed by atoms with Crippen LogP contribution in [0.5, 0.6) is 0 Å². The largest absolute Gasteiger partial charge is 0.417 e. The number of nitrogens with zero attached hydrogens (tertiary/aromatic N) is 6. The minimum absolute atomic E-state index is 0.0385. The molecule has 2 atom stereocenters. The number of amides is 1. The van der Waals surface area contributed by atoms with Crippen molar-refractivity contribution in [1.29, 1.82) is 0 Å². The number of anilines is 1. The summed E-state index contributed by atoms with van der Waals surface area (Å²) in [5.74, 6) is 1.05. The van der Waals surface area contributed by atoms with Gasteiger partial charge >= 0.3 is 0 Å². The molecule has 210 valence electrons. The fourth-order valence-corrected chi connectivity index (χ4v) is 5.84. The third-order valence-electron chi connectivity index (χ3n) is 7.06. The van der Waals surface area contributed by atoms with Crippen LogP contribution in [0.3, 0.4) is 0 Å². The summed E-state index contributed by atoms with van der Waals surface area (Å²) in [5, 5.41) is 11.6. The van der Waals surface area contributed by atoms with Gasteiger partial charge in [0.05, 0.1) is 18.2 Å². The summed E-state index contributed by atoms with van der Waals surface area (Å²) < 4.78 is 11.3. The monoisotopic (exact) mass is 561 g/mol. The first-order chi connectivity index (χ1) is 19.2. The highest BCUT2D eigenvalue weighted by atomic mass is 32.1. The maximum Gasteiger partial charge on any atom is 0.266 e. The molecule has 40 heavy (non-hydrogen) atoms. The van der Waals surface area contributed by atoms with Gasteiger partial charge in [-0.2, -0.15) is 0 Å². The smallest absolute Gasteiger partial charge is 0.266 e. The molecular weight excluding hydrogens is 526 g/mol. The molecule has 1 amide bonds. The van der Waals surface area contributed by atoms with Crippen LogP contribution >= 0.6 is 11.3 Å². The van der Waals surface area contributed by atoms with Crippen molar-refractivity contribution in [3.05, 3.63) is 75.6 Å². The maximum absolute atomic E-state index is 13.9. The minimum atomic E-state index is -0.882. The minimum Gasteiger partial charge on any atom is -0.417 e. The fraction of sp³-hybridized carbons (Fsp3) is 0.414. The Morgan fingerprint density at radius 3 is 2.77 bits per heavy atom. The van der Waals surface area contributed by atoms with Gasteiger partial charge in [-0.1, -0.05) is 30.3 Å². The van der Waals surface area contributed by atoms with Crippen molar-refractivity contribution < 1.29 is 13.9 Å². The highest BCUT2D eigenvalue weighted by Crippen LogP contribution is 2.36. The number of ether oxygens (including phenoxy) is 1. The van der Waals surface area contributed by atoms with Crippen molar-refractivity contribution in [3.63, 3.8) is 0 Å². The summed E-state index contributed by atoms with van der Waals surface area (Å²) in [6.45, 7) is 5.62. The van der Waals surface area contributed by atoms with E-state index in [4.69, 9.17) is 19.9 Å². The Kier molecular flexibility index (Phi) is 8.24. The summed E-state index contributed by atoms with van der Waals surface area (Å²) in [5.41, 5.74) is 8.70. The number of benzene rings is 1. The third kappa shape index (κ3) is 6.06. The lowest BCUT2D eigenvalue weighted by atomic mass is 9.94. The number of nitrogens with two attached hydrogens (primary N) is 1. The predicted molar refractivity (Wildman–Crippen MR) is 154 cm³/mol. The van der Waals surface area contributed by atoms with Gasteiger partial charge in [0, 0.05) is 43.9 Å². The number of aryl methyl sites for hydroxylation is 1. The Hall–Kier alpha value is -3.67. The number of carbonyl (C=O) groups excluding carboxylic acids is 1. The van der Waals surface area contributed by atoms with E-state index in [2.05, 4.69) is 15.2 Å². The van der Waals surface area contributed by atoms with Crippen LogP contribution in [-0.4, -0.2) is 64.8 Å². The molecule has 0 bridgehead atoms. The number of hydrogen-bond donors (Lipinski definition) is 1. The van der Waals surface area contributed by atoms with E-state index in [0.717, 1.165) is 29.1 Å². The zero-order valence-electron chi connectivity index (χ0n) is 23.3. The second-order valence-electron chi connectivity index (χ2n) is 10.5. The molecular formula is C29H35N7O3S. The molecule has 11 heteroatoms. The number of methoxy groups -OCH3 is 1. The standard InChI is InChI=1S/C29H35N7O3S/c1-19-18-40-26(31-19)23-11-8-12-36(23)27(37)21-15-22(32-24(16-21)35(3)13-14-38-4)25-33-34-28(39-25)29(2,30)17-20-9-6-5-7-10-20/h5-7,9-10,15-16,18,23H,8,11-14,17,30H2,1-4H3/t23-,29-/m1/s1. The van der Waals surface area contributed by atoms with Gasteiger partial charge in [-0.3, -0.25) is 4.79 Å². The van der Waals surface area contributed by atoms with Gasteiger partial charge in [-0.15, -0.1) is 21.5 Å². The molecule has 0 saturated carbocycles. The Labute approximate surface area is 238 Å². The van der Waals surface area contributed by atoms with Gasteiger partial charge in [0.25, 0.3) is 11.8 Å². The van der Waals surface area contributed by atoms with E-state index >= 15 is 0 Å². The maximum atomic E-state index is 13.9. The second-order valence-corrected chi connectivity index (χ2v) is 11.4. The Bertz CT molecular complexity index is 1450. The van der Waals surface area contributed by atoms with Gasteiger partial charge in [-0.05, 0) is 50.8 Å². The van der Waals surface area contributed by atoms with Crippen LogP contribution in [-0.2, 0) is 16.7 Å². The van der Waals surface area contributed by atoms with Crippen LogP contribution in [0.2, 0.25) is 0 Å². The molecule has 1 fully saturated rings. The van der Waals surface area contributed by atoms with Crippen LogP contribution in [0.1, 0.15) is 58.3 Å². The summed E-state index contributed by atoms with van der Waals surface area (Å²) in [6, 6.07) is 13.4. The molecule has 3 aromatic heterocycles. The Morgan fingerprint density at radius 2 is 2.05 bits per heavy atom. The summed E-state index contributed by atoms with van der Waals surface area (Å²) in [4.78, 5) is 27.2. The molecule has 2 N–H and O–H groups in total. The molecule has 1 saturated heterocycles. The van der Waals surface area contributed by atoms with Crippen molar-refractivity contribution in [2.24, 2.45) is 5.73 Å². The Balaban J connectivity index is 1.47. The van der Waals surface area contributed by atoms with Crippen molar-refractivity contribution >= 4 is 23.1 Å². The average molecular weight is 562 g/mol. The fourth-order valence-electron chi connectivity index (χ4n) is 4.90. The zero-order chi connectivity index (χ0) is 28.3. The molecule has 4 aromatic rings. The van der Waals surface area contributed by atoms with Gasteiger partial charge in [-0.25, -0.2) is 9.97 Å². The first-order valence-electron chi connectivity index (χ1n) is 13.4. The van der Waals surface area contributed by atoms with Gasteiger partial charge in [0.1, 0.15) is 16.5 Å². The lowest BCUT2D eigenvalue weighted by Crippen LogP contribution is -2.35. The number of likely N-dealkylation sites (tertiary alicyclic amines) is 1. The highest BCUT2D eigenvalue weighted by Gasteiger charge is 2.34. The number of aromatic nitrogens is 4. The van der Waals surface area contributed by atoms with Crippen LogP contribution in [0.15, 0.2) is 52.3 Å². The summed E-state index contributed by atoms with van der Waals surface area (Å²) in [6.07, 6.45) is 2.34. The molecule has 0 unspecified atom stereocenters. The normalized spacial score (nSPS) is 16.7. The van der Waals surface area contributed by atoms with Crippen molar-refractivity contribution in [3.8, 4) is 11.6 Å². The van der Waals surface area contributed by atoms with Crippen molar-refractivity contribution in [2.75, 3.05) is 38.8 Å². The number of carbonyl (C=O) groups is 1. The first-order valence-corrected chi connectivity index (χ1v) is 14.3. The SMILES string of the molecule is COCCN(C)c1cc(C(=O)N2CCC[C@@H]2c2nc(C)cs2)cc(-c2nnc([C@](C)(N)Cc3ccccc3)o2)n1. The number of hydrogen-bond acceptors (Lipinski definition) is 10. The van der Waals surface area contributed by atoms with Crippen LogP contribution in [0, 0.1) is 6.92 Å². The van der Waals surface area contributed by atoms with Crippen LogP contribution < -0.4 is 10.6 Å². The molecule has 1 aliphatic rings. The van der Waals surface area contributed by atoms with E-state index in [-0.39, 0.29) is 17.8 Å². The van der Waals surface area contributed by atoms with E-state index in [1.165, 1.54) is 0 Å². The number of pyridine rings is 1. The zero-order valence-corrected chi connectivity index (χ0v) is 24.1. The molecule has 5 rings (SSSR count).